The summed E-state index contributed by atoms with van der Waals surface area (Å²) in [5.74, 6) is 0.931. The summed E-state index contributed by atoms with van der Waals surface area (Å²) in [6, 6.07) is 8.46. The van der Waals surface area contributed by atoms with Crippen LogP contribution in [0.1, 0.15) is 17.5 Å². The van der Waals surface area contributed by atoms with Crippen molar-refractivity contribution in [3.8, 4) is 0 Å². The van der Waals surface area contributed by atoms with Gasteiger partial charge in [0.05, 0.1) is 11.8 Å². The molecule has 3 aliphatic rings. The molecule has 1 aromatic carbocycles. The van der Waals surface area contributed by atoms with Gasteiger partial charge in [-0.05, 0) is 43.5 Å². The highest BCUT2D eigenvalue weighted by atomic mass is 16.2. The van der Waals surface area contributed by atoms with Crippen LogP contribution in [0, 0.1) is 23.7 Å². The molecule has 4 atom stereocenters. The van der Waals surface area contributed by atoms with Crippen LogP contribution in [0.5, 0.6) is 0 Å². The van der Waals surface area contributed by atoms with Crippen molar-refractivity contribution < 1.29 is 9.59 Å². The number of hydrogen-bond acceptors (Lipinski definition) is 4. The molecule has 2 N–H and O–H groups in total. The number of nitrogens with one attached hydrogen (secondary N) is 2. The van der Waals surface area contributed by atoms with Gasteiger partial charge in [-0.15, -0.1) is 0 Å². The summed E-state index contributed by atoms with van der Waals surface area (Å²) in [5, 5.41) is 6.53. The second-order valence-electron chi connectivity index (χ2n) is 8.74. The molecule has 2 bridgehead atoms. The van der Waals surface area contributed by atoms with E-state index in [0.717, 1.165) is 13.0 Å². The maximum Gasteiger partial charge on any atom is 0.233 e. The molecule has 1 saturated heterocycles. The number of imide groups is 1. The summed E-state index contributed by atoms with van der Waals surface area (Å²) < 4.78 is 0. The quantitative estimate of drug-likeness (QED) is 0.307. The van der Waals surface area contributed by atoms with E-state index in [4.69, 9.17) is 0 Å². The fourth-order valence-corrected chi connectivity index (χ4v) is 5.08. The van der Waals surface area contributed by atoms with Gasteiger partial charge in [-0.1, -0.05) is 36.4 Å². The molecular formula is C23H31N5O2. The van der Waals surface area contributed by atoms with E-state index in [1.165, 1.54) is 16.0 Å². The molecule has 2 fully saturated rings. The van der Waals surface area contributed by atoms with Crippen molar-refractivity contribution in [2.75, 3.05) is 34.2 Å². The maximum atomic E-state index is 12.7. The lowest BCUT2D eigenvalue weighted by atomic mass is 9.85. The fourth-order valence-electron chi connectivity index (χ4n) is 5.08. The van der Waals surface area contributed by atoms with Crippen LogP contribution in [-0.2, 0) is 22.7 Å². The minimum Gasteiger partial charge on any atom is -0.355 e. The first kappa shape index (κ1) is 20.6. The third-order valence-corrected chi connectivity index (χ3v) is 6.36. The zero-order chi connectivity index (χ0) is 21.3. The Morgan fingerprint density at radius 2 is 1.77 bits per heavy atom. The van der Waals surface area contributed by atoms with Gasteiger partial charge in [-0.2, -0.15) is 0 Å². The Morgan fingerprint density at radius 3 is 2.40 bits per heavy atom. The van der Waals surface area contributed by atoms with E-state index < -0.39 is 0 Å². The van der Waals surface area contributed by atoms with Crippen molar-refractivity contribution in [3.63, 3.8) is 0 Å². The Hall–Kier alpha value is -2.67. The van der Waals surface area contributed by atoms with E-state index in [1.54, 1.807) is 7.05 Å². The smallest absolute Gasteiger partial charge is 0.233 e. The van der Waals surface area contributed by atoms with Crippen molar-refractivity contribution in [1.29, 1.82) is 0 Å². The summed E-state index contributed by atoms with van der Waals surface area (Å²) in [7, 11) is 5.83. The first-order chi connectivity index (χ1) is 14.5. The molecule has 30 heavy (non-hydrogen) atoms. The summed E-state index contributed by atoms with van der Waals surface area (Å²) in [5.41, 5.74) is 2.44. The Morgan fingerprint density at radius 1 is 1.10 bits per heavy atom. The van der Waals surface area contributed by atoms with Crippen molar-refractivity contribution in [2.45, 2.75) is 19.5 Å². The third kappa shape index (κ3) is 3.99. The fraction of sp³-hybridized carbons (Fsp3) is 0.522. The number of rotatable bonds is 7. The van der Waals surface area contributed by atoms with E-state index >= 15 is 0 Å². The number of amides is 2. The van der Waals surface area contributed by atoms with E-state index in [-0.39, 0.29) is 35.5 Å². The topological polar surface area (TPSA) is 77.0 Å². The number of guanidine groups is 1. The van der Waals surface area contributed by atoms with Gasteiger partial charge in [0.25, 0.3) is 0 Å². The van der Waals surface area contributed by atoms with Crippen LogP contribution in [0.2, 0.25) is 0 Å². The first-order valence-electron chi connectivity index (χ1n) is 10.7. The summed E-state index contributed by atoms with van der Waals surface area (Å²) in [4.78, 5) is 33.3. The zero-order valence-electron chi connectivity index (χ0n) is 18.0. The number of nitrogens with zero attached hydrogens (tertiary/aromatic N) is 3. The standard InChI is InChI=1S/C23H31N5O2/c1-24-23(26-13-15-5-4-6-16(11-15)14-27(2)3)25-9-10-28-21(29)19-17-7-8-18(12-17)20(19)22(28)30/h4-8,11,17-20H,9-10,12-14H2,1-3H3,(H2,24,25,26). The Balaban J connectivity index is 1.26. The summed E-state index contributed by atoms with van der Waals surface area (Å²) in [6.45, 7) is 2.42. The van der Waals surface area contributed by atoms with Crippen molar-refractivity contribution in [3.05, 3.63) is 47.5 Å². The van der Waals surface area contributed by atoms with Crippen molar-refractivity contribution in [2.24, 2.45) is 28.7 Å². The van der Waals surface area contributed by atoms with Gasteiger partial charge in [0, 0.05) is 33.2 Å². The van der Waals surface area contributed by atoms with Gasteiger partial charge < -0.3 is 15.5 Å². The number of carbonyl (C=O) groups is 2. The lowest BCUT2D eigenvalue weighted by molar-refractivity contribution is -0.140. The number of aliphatic imine (C=N–C) groups is 1. The summed E-state index contributed by atoms with van der Waals surface area (Å²) >= 11 is 0. The van der Waals surface area contributed by atoms with Crippen LogP contribution in [0.15, 0.2) is 41.4 Å². The lowest BCUT2D eigenvalue weighted by Crippen LogP contribution is -2.43. The molecule has 7 heteroatoms. The number of benzene rings is 1. The Labute approximate surface area is 178 Å². The van der Waals surface area contributed by atoms with Crippen LogP contribution in [0.4, 0.5) is 0 Å². The highest BCUT2D eigenvalue weighted by molar-refractivity contribution is 6.06. The summed E-state index contributed by atoms with van der Waals surface area (Å²) in [6.07, 6.45) is 5.21. The molecule has 1 aromatic rings. The molecule has 160 valence electrons. The first-order valence-corrected chi connectivity index (χ1v) is 10.7. The average molecular weight is 410 g/mol. The van der Waals surface area contributed by atoms with Gasteiger partial charge in [0.2, 0.25) is 11.8 Å². The van der Waals surface area contributed by atoms with E-state index in [2.05, 4.69) is 71.0 Å². The Bertz CT molecular complexity index is 848. The maximum absolute atomic E-state index is 12.7. The molecule has 4 unspecified atom stereocenters. The lowest BCUT2D eigenvalue weighted by Gasteiger charge is -2.19. The second kappa shape index (κ2) is 8.60. The molecule has 0 spiro atoms. The van der Waals surface area contributed by atoms with Gasteiger partial charge >= 0.3 is 0 Å². The van der Waals surface area contributed by atoms with Gasteiger partial charge in [0.1, 0.15) is 0 Å². The van der Waals surface area contributed by atoms with Crippen LogP contribution >= 0.6 is 0 Å². The van der Waals surface area contributed by atoms with Crippen molar-refractivity contribution >= 4 is 17.8 Å². The largest absolute Gasteiger partial charge is 0.355 e. The minimum atomic E-state index is -0.126. The third-order valence-electron chi connectivity index (χ3n) is 6.36. The molecule has 1 saturated carbocycles. The van der Waals surface area contributed by atoms with Crippen LogP contribution in [0.3, 0.4) is 0 Å². The number of carbonyl (C=O) groups excluding carboxylic acids is 2. The molecular weight excluding hydrogens is 378 g/mol. The zero-order valence-corrected chi connectivity index (χ0v) is 18.0. The predicted molar refractivity (Wildman–Crippen MR) is 116 cm³/mol. The normalized spacial score (nSPS) is 27.3. The molecule has 1 heterocycles. The number of fused-ring (bicyclic) bond motifs is 5. The molecule has 4 rings (SSSR count). The monoisotopic (exact) mass is 409 g/mol. The molecule has 0 radical (unpaired) electrons. The van der Waals surface area contributed by atoms with Crippen LogP contribution in [-0.4, -0.2) is 61.8 Å². The molecule has 2 aliphatic carbocycles. The van der Waals surface area contributed by atoms with Gasteiger partial charge in [-0.25, -0.2) is 0 Å². The predicted octanol–water partition coefficient (Wildman–Crippen LogP) is 1.22. The average Bonchev–Trinajstić information content (AvgIpc) is 3.39. The van der Waals surface area contributed by atoms with Crippen LogP contribution in [0.25, 0.3) is 0 Å². The van der Waals surface area contributed by atoms with Gasteiger partial charge in [-0.3, -0.25) is 19.5 Å². The Kier molecular flexibility index (Phi) is 5.90. The van der Waals surface area contributed by atoms with Gasteiger partial charge in [0.15, 0.2) is 5.96 Å². The van der Waals surface area contributed by atoms with Crippen molar-refractivity contribution in [1.82, 2.24) is 20.4 Å². The number of hydrogen-bond donors (Lipinski definition) is 2. The SMILES string of the molecule is CN=C(NCCN1C(=O)C2C3C=CC(C3)C2C1=O)NCc1cccc(CN(C)C)c1. The molecule has 1 aliphatic heterocycles. The molecule has 0 aromatic heterocycles. The minimum absolute atomic E-state index is 0.00398. The van der Waals surface area contributed by atoms with E-state index in [9.17, 15) is 9.59 Å². The highest BCUT2D eigenvalue weighted by Crippen LogP contribution is 2.52. The van der Waals surface area contributed by atoms with Crippen LogP contribution < -0.4 is 10.6 Å². The number of likely N-dealkylation sites (tertiary alicyclic amines) is 1. The highest BCUT2D eigenvalue weighted by Gasteiger charge is 2.58. The molecule has 7 nitrogen and oxygen atoms in total. The molecule has 2 amide bonds. The van der Waals surface area contributed by atoms with E-state index in [0.29, 0.717) is 25.6 Å². The number of allylic oxidation sites excluding steroid dienone is 2. The van der Waals surface area contributed by atoms with E-state index in [1.807, 2.05) is 0 Å². The second-order valence-corrected chi connectivity index (χ2v) is 8.74.